The fourth-order valence-electron chi connectivity index (χ4n) is 5.15. The van der Waals surface area contributed by atoms with E-state index in [9.17, 15) is 14.4 Å². The Balaban J connectivity index is 1.58. The molecule has 0 bridgehead atoms. The lowest BCUT2D eigenvalue weighted by Crippen LogP contribution is -2.65. The van der Waals surface area contributed by atoms with Crippen molar-refractivity contribution in [3.63, 3.8) is 0 Å². The number of aldehydes is 1. The van der Waals surface area contributed by atoms with Gasteiger partial charge in [-0.15, -0.1) is 0 Å². The topological polar surface area (TPSA) is 75.7 Å². The number of nitrogens with one attached hydrogen (secondary N) is 1. The molecular weight excluding hydrogens is 356 g/mol. The molecule has 4 rings (SSSR count). The summed E-state index contributed by atoms with van der Waals surface area (Å²) in [6.07, 6.45) is 6.64. The molecule has 1 aromatic rings. The van der Waals surface area contributed by atoms with E-state index in [1.54, 1.807) is 0 Å². The van der Waals surface area contributed by atoms with Crippen LogP contribution in [0.15, 0.2) is 30.3 Å². The highest BCUT2D eigenvalue weighted by atomic mass is 16.5. The van der Waals surface area contributed by atoms with Gasteiger partial charge in [0.1, 0.15) is 6.61 Å². The Morgan fingerprint density at radius 2 is 1.96 bits per heavy atom. The second-order valence-electron chi connectivity index (χ2n) is 8.35. The van der Waals surface area contributed by atoms with E-state index in [1.165, 1.54) is 0 Å². The lowest BCUT2D eigenvalue weighted by Gasteiger charge is -2.42. The van der Waals surface area contributed by atoms with E-state index in [0.29, 0.717) is 25.3 Å². The Hall–Kier alpha value is -2.05. The number of rotatable bonds is 7. The molecule has 0 aromatic heterocycles. The number of carbonyl (C=O) groups excluding carboxylic acids is 3. The zero-order valence-corrected chi connectivity index (χ0v) is 16.1. The first-order valence-corrected chi connectivity index (χ1v) is 10.3. The summed E-state index contributed by atoms with van der Waals surface area (Å²) in [5, 5.41) is 3.04. The average Bonchev–Trinajstić information content (AvgIpc) is 3.42. The van der Waals surface area contributed by atoms with Crippen LogP contribution in [0.5, 0.6) is 0 Å². The number of fused-ring (bicyclic) bond motifs is 1. The number of amides is 1. The number of hydrogen-bond acceptors (Lipinski definition) is 5. The van der Waals surface area contributed by atoms with E-state index < -0.39 is 11.7 Å². The molecule has 1 saturated carbocycles. The molecule has 1 aliphatic carbocycles. The Labute approximate surface area is 165 Å². The minimum absolute atomic E-state index is 0.0115. The maximum Gasteiger partial charge on any atom is 0.226 e. The average molecular weight is 384 g/mol. The van der Waals surface area contributed by atoms with Crippen molar-refractivity contribution in [2.75, 3.05) is 13.2 Å². The van der Waals surface area contributed by atoms with Gasteiger partial charge in [-0.25, -0.2) is 0 Å². The Morgan fingerprint density at radius 1 is 1.21 bits per heavy atom. The molecule has 2 saturated heterocycles. The summed E-state index contributed by atoms with van der Waals surface area (Å²) < 4.78 is 5.61. The first-order chi connectivity index (χ1) is 13.6. The van der Waals surface area contributed by atoms with E-state index in [1.807, 2.05) is 35.2 Å². The fraction of sp³-hybridized carbons (Fsp3) is 0.591. The molecule has 3 unspecified atom stereocenters. The first-order valence-electron chi connectivity index (χ1n) is 10.3. The van der Waals surface area contributed by atoms with Crippen molar-refractivity contribution in [1.82, 2.24) is 10.2 Å². The molecule has 28 heavy (non-hydrogen) atoms. The molecule has 1 amide bonds. The molecule has 2 aliphatic heterocycles. The molecule has 6 heteroatoms. The smallest absolute Gasteiger partial charge is 0.226 e. The molecule has 0 spiro atoms. The van der Waals surface area contributed by atoms with Crippen LogP contribution < -0.4 is 5.32 Å². The van der Waals surface area contributed by atoms with Crippen LogP contribution in [0.3, 0.4) is 0 Å². The summed E-state index contributed by atoms with van der Waals surface area (Å²) in [6, 6.07) is 9.08. The Morgan fingerprint density at radius 3 is 2.68 bits per heavy atom. The second kappa shape index (κ2) is 8.13. The lowest BCUT2D eigenvalue weighted by atomic mass is 9.91. The molecule has 1 aromatic carbocycles. The number of ketones is 1. The standard InChI is InChI=1S/C22H28N2O4/c25-15-22(13-17-8-4-5-9-17,23-20(27)12-16-6-2-1-3-7-16)24-11-10-19-21(24)18(26)14-28-19/h1-3,6-7,15,17,19,21H,4-5,8-14H2,(H,23,27). The van der Waals surface area contributed by atoms with Crippen LogP contribution in [0.1, 0.15) is 44.1 Å². The van der Waals surface area contributed by atoms with Gasteiger partial charge in [0.2, 0.25) is 5.91 Å². The van der Waals surface area contributed by atoms with Gasteiger partial charge in [0, 0.05) is 6.54 Å². The zero-order valence-electron chi connectivity index (χ0n) is 16.1. The van der Waals surface area contributed by atoms with Crippen molar-refractivity contribution in [3.05, 3.63) is 35.9 Å². The van der Waals surface area contributed by atoms with Gasteiger partial charge >= 0.3 is 0 Å². The molecule has 2 heterocycles. The summed E-state index contributed by atoms with van der Waals surface area (Å²) in [5.74, 6) is 0.210. The fourth-order valence-corrected chi connectivity index (χ4v) is 5.15. The number of likely N-dealkylation sites (tertiary alicyclic amines) is 1. The summed E-state index contributed by atoms with van der Waals surface area (Å²) in [4.78, 5) is 39.7. The van der Waals surface area contributed by atoms with E-state index in [2.05, 4.69) is 5.32 Å². The van der Waals surface area contributed by atoms with Crippen molar-refractivity contribution in [3.8, 4) is 0 Å². The van der Waals surface area contributed by atoms with Crippen LogP contribution in [0.4, 0.5) is 0 Å². The van der Waals surface area contributed by atoms with Crippen molar-refractivity contribution < 1.29 is 19.1 Å². The van der Waals surface area contributed by atoms with E-state index in [4.69, 9.17) is 4.74 Å². The summed E-state index contributed by atoms with van der Waals surface area (Å²) >= 11 is 0. The van der Waals surface area contributed by atoms with Crippen LogP contribution in [0.2, 0.25) is 0 Å². The molecule has 0 radical (unpaired) electrons. The van der Waals surface area contributed by atoms with Crippen molar-refractivity contribution >= 4 is 18.0 Å². The van der Waals surface area contributed by atoms with Crippen LogP contribution in [0.25, 0.3) is 0 Å². The van der Waals surface area contributed by atoms with Crippen molar-refractivity contribution in [2.24, 2.45) is 5.92 Å². The SMILES string of the molecule is O=CC(CC1CCCC1)(NC(=O)Cc1ccccc1)N1CCC2OCC(=O)C21. The molecule has 3 fully saturated rings. The minimum Gasteiger partial charge on any atom is -0.368 e. The number of Topliss-reactive ketones (excluding diaryl/α,β-unsaturated/α-hetero) is 1. The third-order valence-electron chi connectivity index (χ3n) is 6.46. The van der Waals surface area contributed by atoms with E-state index in [-0.39, 0.29) is 30.8 Å². The van der Waals surface area contributed by atoms with Gasteiger partial charge in [-0.2, -0.15) is 0 Å². The normalized spacial score (nSPS) is 27.5. The molecule has 150 valence electrons. The third kappa shape index (κ3) is 3.76. The largest absolute Gasteiger partial charge is 0.368 e. The monoisotopic (exact) mass is 384 g/mol. The highest BCUT2D eigenvalue weighted by Crippen LogP contribution is 2.38. The number of carbonyl (C=O) groups is 3. The molecule has 1 N–H and O–H groups in total. The number of ether oxygens (including phenoxy) is 1. The Kier molecular flexibility index (Phi) is 5.60. The molecule has 3 aliphatic rings. The van der Waals surface area contributed by atoms with Gasteiger partial charge in [0.05, 0.1) is 18.6 Å². The van der Waals surface area contributed by atoms with Gasteiger partial charge in [0.15, 0.2) is 17.7 Å². The Bertz CT molecular complexity index is 731. The van der Waals surface area contributed by atoms with Gasteiger partial charge in [-0.05, 0) is 24.3 Å². The van der Waals surface area contributed by atoms with Crippen LogP contribution >= 0.6 is 0 Å². The first kappa shape index (κ1) is 19.3. The highest BCUT2D eigenvalue weighted by molar-refractivity contribution is 5.89. The number of hydrogen-bond donors (Lipinski definition) is 1. The number of nitrogens with zero attached hydrogens (tertiary/aromatic N) is 1. The van der Waals surface area contributed by atoms with Gasteiger partial charge in [-0.3, -0.25) is 19.3 Å². The van der Waals surface area contributed by atoms with Crippen LogP contribution in [-0.4, -0.2) is 53.8 Å². The number of benzene rings is 1. The molecular formula is C22H28N2O4. The maximum absolute atomic E-state index is 12.9. The van der Waals surface area contributed by atoms with Gasteiger partial charge in [-0.1, -0.05) is 56.0 Å². The lowest BCUT2D eigenvalue weighted by molar-refractivity contribution is -0.137. The van der Waals surface area contributed by atoms with Crippen molar-refractivity contribution in [2.45, 2.75) is 62.8 Å². The quantitative estimate of drug-likeness (QED) is 0.727. The summed E-state index contributed by atoms with van der Waals surface area (Å²) in [5.41, 5.74) is -0.232. The zero-order chi connectivity index (χ0) is 19.6. The van der Waals surface area contributed by atoms with E-state index in [0.717, 1.165) is 37.5 Å². The van der Waals surface area contributed by atoms with Crippen LogP contribution in [0, 0.1) is 5.92 Å². The predicted molar refractivity (Wildman–Crippen MR) is 104 cm³/mol. The van der Waals surface area contributed by atoms with E-state index >= 15 is 0 Å². The molecule has 6 nitrogen and oxygen atoms in total. The second-order valence-corrected chi connectivity index (χ2v) is 8.35. The van der Waals surface area contributed by atoms with Gasteiger partial charge in [0.25, 0.3) is 0 Å². The van der Waals surface area contributed by atoms with Crippen LogP contribution in [-0.2, 0) is 25.5 Å². The van der Waals surface area contributed by atoms with Gasteiger partial charge < -0.3 is 10.1 Å². The highest BCUT2D eigenvalue weighted by Gasteiger charge is 2.53. The minimum atomic E-state index is -1.14. The third-order valence-corrected chi connectivity index (χ3v) is 6.46. The molecule has 3 atom stereocenters. The maximum atomic E-state index is 12.9. The summed E-state index contributed by atoms with van der Waals surface area (Å²) in [6.45, 7) is 0.681. The predicted octanol–water partition coefficient (Wildman–Crippen LogP) is 1.86. The van der Waals surface area contributed by atoms with Crippen molar-refractivity contribution in [1.29, 1.82) is 0 Å². The summed E-state index contributed by atoms with van der Waals surface area (Å²) in [7, 11) is 0.